The minimum atomic E-state index is -0.213. The lowest BCUT2D eigenvalue weighted by Crippen LogP contribution is -2.05. The summed E-state index contributed by atoms with van der Waals surface area (Å²) in [7, 11) is 0. The molecule has 0 saturated carbocycles. The van der Waals surface area contributed by atoms with Gasteiger partial charge in [0.15, 0.2) is 17.3 Å². The van der Waals surface area contributed by atoms with Crippen LogP contribution in [0.3, 0.4) is 0 Å². The van der Waals surface area contributed by atoms with Gasteiger partial charge in [-0.2, -0.15) is 0 Å². The predicted octanol–water partition coefficient (Wildman–Crippen LogP) is 5.78. The Labute approximate surface area is 207 Å². The monoisotopic (exact) mass is 650 g/mol. The number of halogens is 2. The van der Waals surface area contributed by atoms with Crippen LogP contribution in [0.2, 0.25) is 0 Å². The number of rotatable bonds is 10. The first kappa shape index (κ1) is 24.1. The molecule has 0 aliphatic heterocycles. The molecule has 3 N–H and O–H groups in total. The fourth-order valence-electron chi connectivity index (χ4n) is 3.33. The van der Waals surface area contributed by atoms with Gasteiger partial charge in [-0.1, -0.05) is 19.8 Å². The largest absolute Gasteiger partial charge is 0.506 e. The van der Waals surface area contributed by atoms with Crippen molar-refractivity contribution in [2.75, 3.05) is 13.2 Å². The van der Waals surface area contributed by atoms with E-state index >= 15 is 0 Å². The predicted molar refractivity (Wildman–Crippen MR) is 135 cm³/mol. The van der Waals surface area contributed by atoms with Crippen LogP contribution < -0.4 is 4.74 Å². The molecule has 1 heterocycles. The summed E-state index contributed by atoms with van der Waals surface area (Å²) in [6.45, 7) is 2.36. The molecule has 0 unspecified atom stereocenters. The molecule has 31 heavy (non-hydrogen) atoms. The number of carbonyl (C=O) groups excluding carboxylic acids is 1. The van der Waals surface area contributed by atoms with E-state index in [1.165, 1.54) is 6.07 Å². The molecule has 0 saturated heterocycles. The van der Waals surface area contributed by atoms with Gasteiger partial charge in [0.25, 0.3) is 0 Å². The molecule has 0 amide bonds. The summed E-state index contributed by atoms with van der Waals surface area (Å²) < 4.78 is 12.8. The highest BCUT2D eigenvalue weighted by Crippen LogP contribution is 2.38. The number of ketones is 1. The molecule has 0 aliphatic rings. The maximum atomic E-state index is 13.5. The number of hydrogen-bond donors (Lipinski definition) is 3. The second-order valence-electron chi connectivity index (χ2n) is 7.22. The number of aromatic hydroxyl groups is 2. The zero-order valence-corrected chi connectivity index (χ0v) is 21.4. The lowest BCUT2D eigenvalue weighted by Gasteiger charge is -2.08. The summed E-state index contributed by atoms with van der Waals surface area (Å²) >= 11 is 4.00. The maximum Gasteiger partial charge on any atom is 0.197 e. The minimum Gasteiger partial charge on any atom is -0.506 e. The van der Waals surface area contributed by atoms with E-state index in [2.05, 4.69) is 6.92 Å². The highest BCUT2D eigenvalue weighted by atomic mass is 127. The van der Waals surface area contributed by atoms with Gasteiger partial charge in [-0.15, -0.1) is 0 Å². The molecule has 2 aromatic carbocycles. The fraction of sp³-hybridized carbons (Fsp3) is 0.348. The third-order valence-corrected chi connectivity index (χ3v) is 6.56. The number of phenols is 2. The molecule has 0 radical (unpaired) electrons. The van der Waals surface area contributed by atoms with E-state index < -0.39 is 0 Å². The van der Waals surface area contributed by atoms with E-state index in [4.69, 9.17) is 14.3 Å². The zero-order valence-electron chi connectivity index (χ0n) is 17.1. The lowest BCUT2D eigenvalue weighted by atomic mass is 9.98. The van der Waals surface area contributed by atoms with Crippen LogP contribution >= 0.6 is 45.2 Å². The summed E-state index contributed by atoms with van der Waals surface area (Å²) in [5.41, 5.74) is 1.35. The van der Waals surface area contributed by atoms with Crippen molar-refractivity contribution in [2.24, 2.45) is 0 Å². The van der Waals surface area contributed by atoms with Gasteiger partial charge in [0, 0.05) is 36.5 Å². The van der Waals surface area contributed by atoms with Crippen LogP contribution in [0.5, 0.6) is 17.2 Å². The molecule has 0 bridgehead atoms. The van der Waals surface area contributed by atoms with Gasteiger partial charge in [-0.25, -0.2) is 0 Å². The van der Waals surface area contributed by atoms with Crippen molar-refractivity contribution in [3.05, 3.63) is 48.3 Å². The molecule has 8 heteroatoms. The molecular weight excluding hydrogens is 626 g/mol. The first-order valence-corrected chi connectivity index (χ1v) is 12.3. The van der Waals surface area contributed by atoms with Crippen LogP contribution in [-0.2, 0) is 6.42 Å². The van der Waals surface area contributed by atoms with Crippen LogP contribution in [0.4, 0.5) is 0 Å². The molecule has 1 aromatic heterocycles. The van der Waals surface area contributed by atoms with Crippen LogP contribution in [0.25, 0.3) is 11.0 Å². The smallest absolute Gasteiger partial charge is 0.197 e. The van der Waals surface area contributed by atoms with Gasteiger partial charge < -0.3 is 24.5 Å². The van der Waals surface area contributed by atoms with Gasteiger partial charge in [0.2, 0.25) is 0 Å². The van der Waals surface area contributed by atoms with Gasteiger partial charge >= 0.3 is 0 Å². The molecule has 0 atom stereocenters. The SMILES string of the molecule is CCCCCc1oc2cc(OCCCO)c(O)cc2c1C(=O)c1cc(I)c(O)c(I)c1. The first-order chi connectivity index (χ1) is 14.9. The number of ether oxygens (including phenoxy) is 1. The van der Waals surface area contributed by atoms with E-state index in [-0.39, 0.29) is 36.2 Å². The van der Waals surface area contributed by atoms with Gasteiger partial charge in [0.05, 0.1) is 19.3 Å². The highest BCUT2D eigenvalue weighted by Gasteiger charge is 2.24. The zero-order chi connectivity index (χ0) is 22.5. The minimum absolute atomic E-state index is 0.00574. The number of phenolic OH excluding ortho intramolecular Hbond substituents is 2. The standard InChI is InChI=1S/C23H24I2O6/c1-2-3-4-6-18-21(22(28)13-9-15(24)23(29)16(25)10-13)14-11-17(27)20(12-19(14)31-18)30-8-5-7-26/h9-12,26-27,29H,2-8H2,1H3. The molecule has 3 rings (SSSR count). The molecule has 0 fully saturated rings. The Morgan fingerprint density at radius 2 is 1.77 bits per heavy atom. The van der Waals surface area contributed by atoms with Crippen molar-refractivity contribution in [3.8, 4) is 17.2 Å². The van der Waals surface area contributed by atoms with Crippen molar-refractivity contribution in [1.82, 2.24) is 0 Å². The van der Waals surface area contributed by atoms with Crippen molar-refractivity contribution >= 4 is 61.9 Å². The highest BCUT2D eigenvalue weighted by molar-refractivity contribution is 14.1. The number of aryl methyl sites for hydroxylation is 1. The van der Waals surface area contributed by atoms with Gasteiger partial charge in [0.1, 0.15) is 17.1 Å². The van der Waals surface area contributed by atoms with E-state index in [0.29, 0.717) is 47.8 Å². The van der Waals surface area contributed by atoms with Crippen LogP contribution in [0.15, 0.2) is 28.7 Å². The van der Waals surface area contributed by atoms with Crippen LogP contribution in [0.1, 0.15) is 54.3 Å². The average Bonchev–Trinajstić information content (AvgIpc) is 3.08. The summed E-state index contributed by atoms with van der Waals surface area (Å²) in [5, 5.41) is 30.0. The Bertz CT molecular complexity index is 1070. The lowest BCUT2D eigenvalue weighted by molar-refractivity contribution is 0.103. The van der Waals surface area contributed by atoms with E-state index in [0.717, 1.165) is 19.3 Å². The quantitative estimate of drug-likeness (QED) is 0.146. The second kappa shape index (κ2) is 10.9. The molecule has 6 nitrogen and oxygen atoms in total. The number of unbranched alkanes of at least 4 members (excludes halogenated alkanes) is 2. The topological polar surface area (TPSA) is 100 Å². The Morgan fingerprint density at radius 3 is 2.42 bits per heavy atom. The average molecular weight is 650 g/mol. The van der Waals surface area contributed by atoms with Crippen molar-refractivity contribution < 1.29 is 29.3 Å². The van der Waals surface area contributed by atoms with Crippen LogP contribution in [0, 0.1) is 7.14 Å². The number of furan rings is 1. The first-order valence-electron chi connectivity index (χ1n) is 10.1. The maximum absolute atomic E-state index is 13.5. The van der Waals surface area contributed by atoms with Crippen LogP contribution in [-0.4, -0.2) is 34.3 Å². The Kier molecular flexibility index (Phi) is 8.45. The number of aliphatic hydroxyl groups is 1. The van der Waals surface area contributed by atoms with E-state index in [1.807, 2.05) is 45.2 Å². The Morgan fingerprint density at radius 1 is 1.06 bits per heavy atom. The van der Waals surface area contributed by atoms with E-state index in [9.17, 15) is 15.0 Å². The molecule has 3 aromatic rings. The number of carbonyl (C=O) groups is 1. The van der Waals surface area contributed by atoms with Crippen molar-refractivity contribution in [2.45, 2.75) is 39.0 Å². The number of fused-ring (bicyclic) bond motifs is 1. The third kappa shape index (κ3) is 5.46. The van der Waals surface area contributed by atoms with E-state index in [1.54, 1.807) is 18.2 Å². The van der Waals surface area contributed by atoms with Gasteiger partial charge in [-0.3, -0.25) is 4.79 Å². The fourth-order valence-corrected chi connectivity index (χ4v) is 5.10. The van der Waals surface area contributed by atoms with Crippen molar-refractivity contribution in [3.63, 3.8) is 0 Å². The summed E-state index contributed by atoms with van der Waals surface area (Å²) in [5.74, 6) is 0.686. The second-order valence-corrected chi connectivity index (χ2v) is 9.54. The number of benzene rings is 2. The Hall–Kier alpha value is -1.53. The molecular formula is C23H24I2O6. The third-order valence-electron chi connectivity index (χ3n) is 4.92. The molecule has 0 aliphatic carbocycles. The summed E-state index contributed by atoms with van der Waals surface area (Å²) in [6, 6.07) is 6.40. The molecule has 166 valence electrons. The number of hydrogen-bond acceptors (Lipinski definition) is 6. The van der Waals surface area contributed by atoms with Gasteiger partial charge in [-0.05, 0) is 69.8 Å². The molecule has 0 spiro atoms. The van der Waals surface area contributed by atoms with Crippen molar-refractivity contribution in [1.29, 1.82) is 0 Å². The summed E-state index contributed by atoms with van der Waals surface area (Å²) in [4.78, 5) is 13.5. The normalized spacial score (nSPS) is 11.2. The number of aliphatic hydroxyl groups excluding tert-OH is 1. The summed E-state index contributed by atoms with van der Waals surface area (Å²) in [6.07, 6.45) is 3.99. The Balaban J connectivity index is 2.09.